The highest BCUT2D eigenvalue weighted by molar-refractivity contribution is 8.20. The van der Waals surface area contributed by atoms with Crippen molar-refractivity contribution in [3.05, 3.63) is 77.6 Å². The van der Waals surface area contributed by atoms with Gasteiger partial charge in [0, 0.05) is 42.0 Å². The number of benzene rings is 2. The molecule has 3 aromatic rings. The summed E-state index contributed by atoms with van der Waals surface area (Å²) in [4.78, 5) is 32.4. The van der Waals surface area contributed by atoms with E-state index in [-0.39, 0.29) is 21.5 Å². The summed E-state index contributed by atoms with van der Waals surface area (Å²) in [6.07, 6.45) is 3.59. The first-order valence-electron chi connectivity index (χ1n) is 10.9. The monoisotopic (exact) mass is 510 g/mol. The third kappa shape index (κ3) is 5.26. The number of ketones is 1. The van der Waals surface area contributed by atoms with E-state index in [1.54, 1.807) is 72.0 Å². The van der Waals surface area contributed by atoms with Gasteiger partial charge >= 0.3 is 0 Å². The molecule has 0 radical (unpaired) electrons. The van der Waals surface area contributed by atoms with Crippen molar-refractivity contribution in [3.63, 3.8) is 0 Å². The minimum atomic E-state index is -0.214. The average Bonchev–Trinajstić information content (AvgIpc) is 3.42. The summed E-state index contributed by atoms with van der Waals surface area (Å²) in [5.74, 6) is 1.73. The zero-order valence-corrected chi connectivity index (χ0v) is 21.5. The van der Waals surface area contributed by atoms with Gasteiger partial charge in [-0.05, 0) is 35.9 Å². The van der Waals surface area contributed by atoms with Gasteiger partial charge in [-0.3, -0.25) is 14.6 Å². The molecule has 1 aliphatic heterocycles. The molecule has 1 amide bonds. The van der Waals surface area contributed by atoms with Gasteiger partial charge in [0.05, 0.1) is 31.2 Å². The van der Waals surface area contributed by atoms with Crippen molar-refractivity contribution in [2.24, 2.45) is 0 Å². The van der Waals surface area contributed by atoms with Crippen molar-refractivity contribution in [2.75, 3.05) is 39.0 Å². The van der Waals surface area contributed by atoms with E-state index in [0.717, 1.165) is 11.3 Å². The van der Waals surface area contributed by atoms with E-state index >= 15 is 0 Å². The molecule has 1 saturated heterocycles. The number of ether oxygens (including phenoxy) is 3. The Labute approximate surface area is 213 Å². The quantitative estimate of drug-likeness (QED) is 0.398. The molecule has 1 aliphatic rings. The maximum absolute atomic E-state index is 13.3. The third-order valence-electron chi connectivity index (χ3n) is 5.67. The van der Waals surface area contributed by atoms with Crippen molar-refractivity contribution in [1.29, 1.82) is 0 Å². The van der Waals surface area contributed by atoms with E-state index in [2.05, 4.69) is 4.98 Å². The number of aromatic nitrogens is 1. The second-order valence-corrected chi connectivity index (χ2v) is 10.5. The van der Waals surface area contributed by atoms with Crippen LogP contribution in [0, 0.1) is 0 Å². The number of rotatable bonds is 8. The second kappa shape index (κ2) is 11.0. The molecule has 0 N–H and O–H groups in total. The predicted octanol–water partition coefficient (Wildman–Crippen LogP) is 4.85. The van der Waals surface area contributed by atoms with Gasteiger partial charge in [-0.15, -0.1) is 23.5 Å². The maximum Gasteiger partial charge on any atom is 0.240 e. The Balaban J connectivity index is 1.53. The Morgan fingerprint density at radius 3 is 2.34 bits per heavy atom. The van der Waals surface area contributed by atoms with Crippen LogP contribution in [0.25, 0.3) is 0 Å². The SMILES string of the molecule is COc1cc(C(=O)c2cccc(N(C)C(=O)C3CSC(c4cccnc4)S3)c2)cc(OC)c1OC. The van der Waals surface area contributed by atoms with Crippen LogP contribution in [0.2, 0.25) is 0 Å². The number of methoxy groups -OCH3 is 3. The summed E-state index contributed by atoms with van der Waals surface area (Å²) in [6.45, 7) is 0. The number of amides is 1. The number of carbonyl (C=O) groups is 2. The third-order valence-corrected chi connectivity index (χ3v) is 8.94. The van der Waals surface area contributed by atoms with Crippen LogP contribution in [0.15, 0.2) is 60.9 Å². The zero-order valence-electron chi connectivity index (χ0n) is 19.9. The molecule has 2 aromatic carbocycles. The summed E-state index contributed by atoms with van der Waals surface area (Å²) in [6, 6.07) is 14.3. The van der Waals surface area contributed by atoms with E-state index < -0.39 is 0 Å². The molecule has 0 aliphatic carbocycles. The number of hydrogen-bond acceptors (Lipinski definition) is 8. The lowest BCUT2D eigenvalue weighted by Gasteiger charge is -2.21. The van der Waals surface area contributed by atoms with Crippen LogP contribution < -0.4 is 19.1 Å². The molecule has 9 heteroatoms. The molecule has 1 fully saturated rings. The Bertz CT molecular complexity index is 1200. The van der Waals surface area contributed by atoms with Gasteiger partial charge in [0.1, 0.15) is 0 Å². The number of pyridine rings is 1. The smallest absolute Gasteiger partial charge is 0.240 e. The van der Waals surface area contributed by atoms with Crippen molar-refractivity contribution in [2.45, 2.75) is 9.83 Å². The zero-order chi connectivity index (χ0) is 24.9. The second-order valence-electron chi connectivity index (χ2n) is 7.77. The largest absolute Gasteiger partial charge is 0.493 e. The van der Waals surface area contributed by atoms with Crippen LogP contribution in [0.4, 0.5) is 5.69 Å². The van der Waals surface area contributed by atoms with Gasteiger partial charge in [0.25, 0.3) is 0 Å². The summed E-state index contributed by atoms with van der Waals surface area (Å²) < 4.78 is 16.3. The molecule has 7 nitrogen and oxygen atoms in total. The lowest BCUT2D eigenvalue weighted by molar-refractivity contribution is -0.117. The van der Waals surface area contributed by atoms with Gasteiger partial charge in [-0.25, -0.2) is 0 Å². The molecule has 0 saturated carbocycles. The van der Waals surface area contributed by atoms with Crippen molar-refractivity contribution >= 4 is 40.9 Å². The first-order valence-corrected chi connectivity index (χ1v) is 12.8. The van der Waals surface area contributed by atoms with Crippen molar-refractivity contribution in [3.8, 4) is 17.2 Å². The summed E-state index contributed by atoms with van der Waals surface area (Å²) in [5, 5.41) is -0.176. The Morgan fingerprint density at radius 2 is 1.71 bits per heavy atom. The predicted molar refractivity (Wildman–Crippen MR) is 140 cm³/mol. The number of nitrogens with zero attached hydrogens (tertiary/aromatic N) is 2. The fourth-order valence-corrected chi connectivity index (χ4v) is 7.00. The Kier molecular flexibility index (Phi) is 7.87. The molecule has 0 bridgehead atoms. The molecule has 2 unspecified atom stereocenters. The van der Waals surface area contributed by atoms with Gasteiger partial charge in [0.15, 0.2) is 17.3 Å². The van der Waals surface area contributed by atoms with E-state index in [1.165, 1.54) is 21.3 Å². The maximum atomic E-state index is 13.3. The van der Waals surface area contributed by atoms with Crippen LogP contribution >= 0.6 is 23.5 Å². The molecule has 2 heterocycles. The fourth-order valence-electron chi connectivity index (χ4n) is 3.80. The van der Waals surface area contributed by atoms with E-state index in [1.807, 2.05) is 24.4 Å². The molecule has 1 aromatic heterocycles. The lowest BCUT2D eigenvalue weighted by atomic mass is 10.0. The molecule has 35 heavy (non-hydrogen) atoms. The highest BCUT2D eigenvalue weighted by Crippen LogP contribution is 2.49. The average molecular weight is 511 g/mol. The summed E-state index contributed by atoms with van der Waals surface area (Å²) in [7, 11) is 6.27. The van der Waals surface area contributed by atoms with E-state index in [0.29, 0.717) is 34.1 Å². The first-order chi connectivity index (χ1) is 17.0. The minimum absolute atomic E-state index is 0.00581. The van der Waals surface area contributed by atoms with Crippen LogP contribution in [0.1, 0.15) is 26.1 Å². The molecular formula is C26H26N2O5S2. The van der Waals surface area contributed by atoms with Crippen LogP contribution in [-0.4, -0.2) is 56.1 Å². The van der Waals surface area contributed by atoms with Gasteiger partial charge in [-0.2, -0.15) is 0 Å². The number of hydrogen-bond donors (Lipinski definition) is 0. The van der Waals surface area contributed by atoms with Crippen LogP contribution in [0.5, 0.6) is 17.2 Å². The Hall–Kier alpha value is -3.17. The summed E-state index contributed by atoms with van der Waals surface area (Å²) >= 11 is 3.39. The topological polar surface area (TPSA) is 78.0 Å². The lowest BCUT2D eigenvalue weighted by Crippen LogP contribution is -2.34. The van der Waals surface area contributed by atoms with Gasteiger partial charge in [0.2, 0.25) is 11.7 Å². The fraction of sp³-hybridized carbons (Fsp3) is 0.269. The Morgan fingerprint density at radius 1 is 0.971 bits per heavy atom. The van der Waals surface area contributed by atoms with Crippen LogP contribution in [0.3, 0.4) is 0 Å². The highest BCUT2D eigenvalue weighted by atomic mass is 32.2. The molecule has 0 spiro atoms. The molecular weight excluding hydrogens is 484 g/mol. The molecule has 182 valence electrons. The molecule has 2 atom stereocenters. The van der Waals surface area contributed by atoms with Gasteiger partial charge < -0.3 is 19.1 Å². The van der Waals surface area contributed by atoms with Crippen LogP contribution in [-0.2, 0) is 4.79 Å². The van der Waals surface area contributed by atoms with Gasteiger partial charge in [-0.1, -0.05) is 18.2 Å². The minimum Gasteiger partial charge on any atom is -0.493 e. The first kappa shape index (κ1) is 24.9. The molecule has 4 rings (SSSR count). The normalized spacial score (nSPS) is 17.0. The van der Waals surface area contributed by atoms with Crippen molar-refractivity contribution in [1.82, 2.24) is 4.98 Å². The number of anilines is 1. The number of carbonyl (C=O) groups excluding carboxylic acids is 2. The summed E-state index contributed by atoms with van der Waals surface area (Å²) in [5.41, 5.74) is 2.62. The van der Waals surface area contributed by atoms with Crippen molar-refractivity contribution < 1.29 is 23.8 Å². The highest BCUT2D eigenvalue weighted by Gasteiger charge is 2.34. The van der Waals surface area contributed by atoms with E-state index in [9.17, 15) is 9.59 Å². The number of thioether (sulfide) groups is 2. The van der Waals surface area contributed by atoms with E-state index in [4.69, 9.17) is 14.2 Å². The standard InChI is InChI=1S/C26H26N2O5S2/c1-28(25(30)22-15-34-26(35-22)17-8-6-10-27-14-17)19-9-5-7-16(11-19)23(29)18-12-20(31-2)24(33-4)21(13-18)32-3/h5-14,22,26H,15H2,1-4H3.